The van der Waals surface area contributed by atoms with E-state index in [-0.39, 0.29) is 17.6 Å². The van der Waals surface area contributed by atoms with Crippen molar-refractivity contribution in [3.63, 3.8) is 0 Å². The standard InChI is InChI=1S/C20H26Cl2N6O2/c1-4-16-23-19(24-28(16)18-14(21)7-5-8-15(18)22)20(30)27-10-6-9-26(11-12-27)13-17(29)25(2)3/h5,7-8H,4,6,9-13H2,1-3H3. The average Bonchev–Trinajstić information content (AvgIpc) is 2.99. The Kier molecular flexibility index (Phi) is 7.33. The third-order valence-electron chi connectivity index (χ3n) is 5.06. The van der Waals surface area contributed by atoms with Crippen molar-refractivity contribution in [3.05, 3.63) is 39.9 Å². The lowest BCUT2D eigenvalue weighted by atomic mass is 10.3. The summed E-state index contributed by atoms with van der Waals surface area (Å²) in [6, 6.07) is 5.21. The van der Waals surface area contributed by atoms with Gasteiger partial charge in [-0.3, -0.25) is 14.5 Å². The van der Waals surface area contributed by atoms with Crippen molar-refractivity contribution in [3.8, 4) is 5.69 Å². The maximum Gasteiger partial charge on any atom is 0.293 e. The van der Waals surface area contributed by atoms with Gasteiger partial charge in [0, 0.05) is 46.7 Å². The fraction of sp³-hybridized carbons (Fsp3) is 0.500. The van der Waals surface area contributed by atoms with Gasteiger partial charge in [-0.15, -0.1) is 5.10 Å². The van der Waals surface area contributed by atoms with E-state index in [0.29, 0.717) is 54.2 Å². The molecule has 1 saturated heterocycles. The summed E-state index contributed by atoms with van der Waals surface area (Å²) in [5, 5.41) is 5.32. The highest BCUT2D eigenvalue weighted by atomic mass is 35.5. The number of para-hydroxylation sites is 1. The van der Waals surface area contributed by atoms with Crippen molar-refractivity contribution < 1.29 is 9.59 Å². The van der Waals surface area contributed by atoms with Crippen LogP contribution in [0.25, 0.3) is 5.69 Å². The molecule has 0 saturated carbocycles. The molecular weight excluding hydrogens is 427 g/mol. The zero-order chi connectivity index (χ0) is 21.8. The molecule has 1 aromatic heterocycles. The monoisotopic (exact) mass is 452 g/mol. The van der Waals surface area contributed by atoms with E-state index in [1.165, 1.54) is 0 Å². The molecule has 0 radical (unpaired) electrons. The molecule has 1 aromatic carbocycles. The SMILES string of the molecule is CCc1nc(C(=O)N2CCCN(CC(=O)N(C)C)CC2)nn1-c1c(Cl)cccc1Cl. The number of amides is 2. The molecule has 0 N–H and O–H groups in total. The van der Waals surface area contributed by atoms with E-state index in [9.17, 15) is 9.59 Å². The van der Waals surface area contributed by atoms with Crippen molar-refractivity contribution in [2.45, 2.75) is 19.8 Å². The fourth-order valence-electron chi connectivity index (χ4n) is 3.34. The molecule has 30 heavy (non-hydrogen) atoms. The lowest BCUT2D eigenvalue weighted by Crippen LogP contribution is -2.39. The Hall–Kier alpha value is -2.16. The first-order chi connectivity index (χ1) is 14.3. The van der Waals surface area contributed by atoms with Gasteiger partial charge in [-0.25, -0.2) is 9.67 Å². The summed E-state index contributed by atoms with van der Waals surface area (Å²) in [4.78, 5) is 34.9. The van der Waals surface area contributed by atoms with Crippen LogP contribution in [0.5, 0.6) is 0 Å². The molecule has 0 atom stereocenters. The van der Waals surface area contributed by atoms with Crippen LogP contribution in [-0.4, -0.2) is 88.1 Å². The molecule has 162 valence electrons. The van der Waals surface area contributed by atoms with Gasteiger partial charge in [0.1, 0.15) is 11.5 Å². The number of hydrogen-bond donors (Lipinski definition) is 0. The number of carbonyl (C=O) groups is 2. The minimum absolute atomic E-state index is 0.0550. The molecule has 2 amide bonds. The quantitative estimate of drug-likeness (QED) is 0.695. The number of benzene rings is 1. The topological polar surface area (TPSA) is 74.6 Å². The summed E-state index contributed by atoms with van der Waals surface area (Å²) in [6.45, 7) is 4.79. The summed E-state index contributed by atoms with van der Waals surface area (Å²) >= 11 is 12.7. The lowest BCUT2D eigenvalue weighted by molar-refractivity contribution is -0.129. The van der Waals surface area contributed by atoms with Crippen LogP contribution in [0.2, 0.25) is 10.0 Å². The van der Waals surface area contributed by atoms with E-state index in [1.807, 2.05) is 6.92 Å². The van der Waals surface area contributed by atoms with Crippen molar-refractivity contribution >= 4 is 35.0 Å². The molecule has 1 fully saturated rings. The number of carbonyl (C=O) groups excluding carboxylic acids is 2. The Balaban J connectivity index is 1.78. The van der Waals surface area contributed by atoms with Crippen molar-refractivity contribution in [2.24, 2.45) is 0 Å². The predicted molar refractivity (Wildman–Crippen MR) is 116 cm³/mol. The number of aromatic nitrogens is 3. The van der Waals surface area contributed by atoms with Gasteiger partial charge in [0.2, 0.25) is 11.7 Å². The van der Waals surface area contributed by atoms with Crippen LogP contribution >= 0.6 is 23.2 Å². The molecule has 0 spiro atoms. The maximum absolute atomic E-state index is 13.1. The minimum atomic E-state index is -0.229. The first-order valence-corrected chi connectivity index (χ1v) is 10.7. The normalized spacial score (nSPS) is 15.2. The molecule has 8 nitrogen and oxygen atoms in total. The molecule has 10 heteroatoms. The molecule has 0 unspecified atom stereocenters. The zero-order valence-electron chi connectivity index (χ0n) is 17.4. The summed E-state index contributed by atoms with van der Waals surface area (Å²) in [5.74, 6) is 0.564. The van der Waals surface area contributed by atoms with Crippen molar-refractivity contribution in [2.75, 3.05) is 46.8 Å². The molecule has 1 aliphatic rings. The lowest BCUT2D eigenvalue weighted by Gasteiger charge is -2.22. The zero-order valence-corrected chi connectivity index (χ0v) is 18.9. The number of nitrogens with zero attached hydrogens (tertiary/aromatic N) is 6. The van der Waals surface area contributed by atoms with Gasteiger partial charge in [-0.2, -0.15) is 0 Å². The van der Waals surface area contributed by atoms with Gasteiger partial charge in [-0.05, 0) is 18.6 Å². The number of aryl methyl sites for hydroxylation is 1. The highest BCUT2D eigenvalue weighted by Gasteiger charge is 2.26. The number of rotatable bonds is 5. The van der Waals surface area contributed by atoms with Crippen LogP contribution in [-0.2, 0) is 11.2 Å². The Morgan fingerprint density at radius 1 is 1.10 bits per heavy atom. The molecule has 0 bridgehead atoms. The van der Waals surface area contributed by atoms with Crippen LogP contribution in [0.4, 0.5) is 0 Å². The van der Waals surface area contributed by atoms with Gasteiger partial charge in [-0.1, -0.05) is 36.2 Å². The molecular formula is C20H26Cl2N6O2. The largest absolute Gasteiger partial charge is 0.348 e. The number of hydrogen-bond acceptors (Lipinski definition) is 5. The van der Waals surface area contributed by atoms with E-state index in [1.54, 1.807) is 46.8 Å². The maximum atomic E-state index is 13.1. The van der Waals surface area contributed by atoms with E-state index < -0.39 is 0 Å². The summed E-state index contributed by atoms with van der Waals surface area (Å²) in [7, 11) is 3.49. The van der Waals surface area contributed by atoms with Crippen LogP contribution < -0.4 is 0 Å². The van der Waals surface area contributed by atoms with Crippen LogP contribution in [0.15, 0.2) is 18.2 Å². The first kappa shape index (κ1) is 22.5. The average molecular weight is 453 g/mol. The van der Waals surface area contributed by atoms with Crippen molar-refractivity contribution in [1.82, 2.24) is 29.5 Å². The minimum Gasteiger partial charge on any atom is -0.348 e. The van der Waals surface area contributed by atoms with E-state index >= 15 is 0 Å². The second kappa shape index (κ2) is 9.76. The fourth-order valence-corrected chi connectivity index (χ4v) is 3.90. The number of halogens is 2. The Morgan fingerprint density at radius 2 is 1.80 bits per heavy atom. The van der Waals surface area contributed by atoms with Gasteiger partial charge in [0.05, 0.1) is 16.6 Å². The molecule has 2 aromatic rings. The van der Waals surface area contributed by atoms with Gasteiger partial charge in [0.15, 0.2) is 0 Å². The molecule has 2 heterocycles. The highest BCUT2D eigenvalue weighted by molar-refractivity contribution is 6.37. The third-order valence-corrected chi connectivity index (χ3v) is 5.67. The molecule has 1 aliphatic heterocycles. The Bertz CT molecular complexity index is 910. The van der Waals surface area contributed by atoms with Gasteiger partial charge < -0.3 is 9.80 Å². The van der Waals surface area contributed by atoms with E-state index in [0.717, 1.165) is 13.0 Å². The summed E-state index contributed by atoms with van der Waals surface area (Å²) in [5.41, 5.74) is 0.522. The van der Waals surface area contributed by atoms with Crippen LogP contribution in [0.1, 0.15) is 29.8 Å². The van der Waals surface area contributed by atoms with Crippen LogP contribution in [0, 0.1) is 0 Å². The highest BCUT2D eigenvalue weighted by Crippen LogP contribution is 2.29. The predicted octanol–water partition coefficient (Wildman–Crippen LogP) is 2.37. The second-order valence-corrected chi connectivity index (χ2v) is 8.21. The van der Waals surface area contributed by atoms with E-state index in [2.05, 4.69) is 15.0 Å². The van der Waals surface area contributed by atoms with Crippen molar-refractivity contribution in [1.29, 1.82) is 0 Å². The van der Waals surface area contributed by atoms with Crippen LogP contribution in [0.3, 0.4) is 0 Å². The summed E-state index contributed by atoms with van der Waals surface area (Å²) < 4.78 is 1.55. The Labute approximate surface area is 186 Å². The van der Waals surface area contributed by atoms with Gasteiger partial charge in [0.25, 0.3) is 5.91 Å². The molecule has 3 rings (SSSR count). The third kappa shape index (κ3) is 4.94. The Morgan fingerprint density at radius 3 is 2.43 bits per heavy atom. The first-order valence-electron chi connectivity index (χ1n) is 9.94. The van der Waals surface area contributed by atoms with Gasteiger partial charge >= 0.3 is 0 Å². The second-order valence-electron chi connectivity index (χ2n) is 7.40. The molecule has 0 aliphatic carbocycles. The number of likely N-dealkylation sites (N-methyl/N-ethyl adjacent to an activating group) is 1. The van der Waals surface area contributed by atoms with E-state index in [4.69, 9.17) is 23.2 Å². The summed E-state index contributed by atoms with van der Waals surface area (Å²) in [6.07, 6.45) is 1.35. The smallest absolute Gasteiger partial charge is 0.293 e.